The van der Waals surface area contributed by atoms with Crippen LogP contribution >= 0.6 is 8.53 Å². The second-order valence-corrected chi connectivity index (χ2v) is 5.26. The second-order valence-electron chi connectivity index (χ2n) is 3.78. The van der Waals surface area contributed by atoms with Crippen LogP contribution in [0.1, 0.15) is 27.7 Å². The van der Waals surface area contributed by atoms with Crippen molar-refractivity contribution in [3.05, 3.63) is 0 Å². The topological polar surface area (TPSA) is 21.7 Å². The van der Waals surface area contributed by atoms with Crippen molar-refractivity contribution in [2.45, 2.75) is 33.2 Å². The number of hydrogen-bond acceptors (Lipinski definition) is 3. The lowest BCUT2D eigenvalue weighted by molar-refractivity contribution is 0.235. The minimum absolute atomic E-state index is 0.164. The summed E-state index contributed by atoms with van der Waals surface area (Å²) in [7, 11) is -0.763. The molecule has 1 heterocycles. The van der Waals surface area contributed by atoms with E-state index in [4.69, 9.17) is 9.05 Å². The minimum Gasteiger partial charge on any atom is -0.322 e. The standard InChI is InChI=1S/C8H18NO2P/c1-5-10-12-9(6-7-11-12)8(2,3)4/h5-7H2,1-4H3. The van der Waals surface area contributed by atoms with E-state index in [9.17, 15) is 0 Å². The summed E-state index contributed by atoms with van der Waals surface area (Å²) in [5.74, 6) is 0. The molecule has 0 saturated carbocycles. The van der Waals surface area contributed by atoms with Crippen molar-refractivity contribution >= 4 is 8.53 Å². The lowest BCUT2D eigenvalue weighted by atomic mass is 10.1. The molecular formula is C8H18NO2P. The third kappa shape index (κ3) is 2.40. The van der Waals surface area contributed by atoms with E-state index in [0.29, 0.717) is 0 Å². The molecule has 0 aromatic carbocycles. The van der Waals surface area contributed by atoms with E-state index in [2.05, 4.69) is 25.4 Å². The Balaban J connectivity index is 2.52. The van der Waals surface area contributed by atoms with Crippen LogP contribution in [0.4, 0.5) is 0 Å². The van der Waals surface area contributed by atoms with Gasteiger partial charge in [-0.2, -0.15) is 0 Å². The van der Waals surface area contributed by atoms with Crippen LogP contribution in [-0.2, 0) is 9.05 Å². The average molecular weight is 191 g/mol. The molecule has 1 saturated heterocycles. The third-order valence-corrected chi connectivity index (χ3v) is 3.79. The third-order valence-electron chi connectivity index (χ3n) is 1.72. The zero-order valence-corrected chi connectivity index (χ0v) is 9.23. The molecule has 0 N–H and O–H groups in total. The Morgan fingerprint density at radius 3 is 2.67 bits per heavy atom. The molecular weight excluding hydrogens is 173 g/mol. The molecule has 0 aromatic rings. The monoisotopic (exact) mass is 191 g/mol. The molecule has 1 atom stereocenters. The molecule has 0 amide bonds. The maximum atomic E-state index is 5.51. The maximum Gasteiger partial charge on any atom is 0.259 e. The molecule has 0 radical (unpaired) electrons. The Bertz CT molecular complexity index is 146. The van der Waals surface area contributed by atoms with Crippen molar-refractivity contribution in [3.8, 4) is 0 Å². The molecule has 3 nitrogen and oxygen atoms in total. The molecule has 1 rings (SSSR count). The minimum atomic E-state index is -0.763. The van der Waals surface area contributed by atoms with Gasteiger partial charge in [-0.25, -0.2) is 4.67 Å². The number of rotatable bonds is 2. The lowest BCUT2D eigenvalue weighted by Gasteiger charge is -2.33. The average Bonchev–Trinajstić information content (AvgIpc) is 2.34. The highest BCUT2D eigenvalue weighted by Crippen LogP contribution is 2.50. The molecule has 0 aromatic heterocycles. The van der Waals surface area contributed by atoms with Gasteiger partial charge in [0, 0.05) is 12.1 Å². The Morgan fingerprint density at radius 2 is 2.17 bits per heavy atom. The molecule has 1 fully saturated rings. The molecule has 1 aliphatic heterocycles. The summed E-state index contributed by atoms with van der Waals surface area (Å²) in [6.45, 7) is 11.1. The zero-order valence-electron chi connectivity index (χ0n) is 8.33. The van der Waals surface area contributed by atoms with Crippen molar-refractivity contribution in [1.29, 1.82) is 0 Å². The maximum absolute atomic E-state index is 5.51. The fraction of sp³-hybridized carbons (Fsp3) is 1.00. The highest BCUT2D eigenvalue weighted by molar-refractivity contribution is 7.44. The van der Waals surface area contributed by atoms with E-state index >= 15 is 0 Å². The summed E-state index contributed by atoms with van der Waals surface area (Å²) in [6.07, 6.45) is 0. The molecule has 0 spiro atoms. The van der Waals surface area contributed by atoms with Gasteiger partial charge in [0.05, 0.1) is 13.2 Å². The lowest BCUT2D eigenvalue weighted by Crippen LogP contribution is -2.35. The van der Waals surface area contributed by atoms with E-state index < -0.39 is 8.53 Å². The van der Waals surface area contributed by atoms with Gasteiger partial charge in [0.2, 0.25) is 0 Å². The summed E-state index contributed by atoms with van der Waals surface area (Å²) in [4.78, 5) is 0. The van der Waals surface area contributed by atoms with Crippen molar-refractivity contribution in [2.75, 3.05) is 19.8 Å². The SMILES string of the molecule is CCOP1OCCN1C(C)(C)C. The van der Waals surface area contributed by atoms with Gasteiger partial charge in [-0.1, -0.05) is 0 Å². The highest BCUT2D eigenvalue weighted by Gasteiger charge is 2.35. The Morgan fingerprint density at radius 1 is 1.50 bits per heavy atom. The van der Waals surface area contributed by atoms with Crippen LogP contribution in [-0.4, -0.2) is 30.0 Å². The number of hydrogen-bond donors (Lipinski definition) is 0. The fourth-order valence-corrected chi connectivity index (χ4v) is 2.70. The van der Waals surface area contributed by atoms with Crippen LogP contribution in [0, 0.1) is 0 Å². The van der Waals surface area contributed by atoms with Crippen molar-refractivity contribution < 1.29 is 9.05 Å². The molecule has 1 unspecified atom stereocenters. The fourth-order valence-electron chi connectivity index (χ4n) is 1.15. The van der Waals surface area contributed by atoms with Gasteiger partial charge >= 0.3 is 0 Å². The van der Waals surface area contributed by atoms with Gasteiger partial charge < -0.3 is 9.05 Å². The molecule has 1 aliphatic rings. The Hall–Kier alpha value is 0.310. The molecule has 0 aliphatic carbocycles. The quantitative estimate of drug-likeness (QED) is 0.625. The van der Waals surface area contributed by atoms with Gasteiger partial charge in [0.1, 0.15) is 0 Å². The van der Waals surface area contributed by atoms with Crippen LogP contribution < -0.4 is 0 Å². The van der Waals surface area contributed by atoms with Crippen LogP contribution in [0.5, 0.6) is 0 Å². The summed E-state index contributed by atoms with van der Waals surface area (Å²) in [6, 6.07) is 0. The first-order chi connectivity index (χ1) is 5.55. The van der Waals surface area contributed by atoms with Gasteiger partial charge in [-0.05, 0) is 27.7 Å². The van der Waals surface area contributed by atoms with Crippen LogP contribution in [0.3, 0.4) is 0 Å². The van der Waals surface area contributed by atoms with Crippen LogP contribution in [0.25, 0.3) is 0 Å². The predicted molar refractivity (Wildman–Crippen MR) is 51.0 cm³/mol. The first-order valence-electron chi connectivity index (χ1n) is 4.39. The predicted octanol–water partition coefficient (Wildman–Crippen LogP) is 2.38. The Labute approximate surface area is 76.0 Å². The summed E-state index contributed by atoms with van der Waals surface area (Å²) < 4.78 is 13.3. The van der Waals surface area contributed by atoms with E-state index in [1.807, 2.05) is 6.92 Å². The van der Waals surface area contributed by atoms with E-state index in [-0.39, 0.29) is 5.54 Å². The Kier molecular flexibility index (Phi) is 3.47. The van der Waals surface area contributed by atoms with Crippen LogP contribution in [0.15, 0.2) is 0 Å². The molecule has 12 heavy (non-hydrogen) atoms. The molecule has 0 bridgehead atoms. The highest BCUT2D eigenvalue weighted by atomic mass is 31.2. The zero-order chi connectivity index (χ0) is 9.19. The van der Waals surface area contributed by atoms with Gasteiger partial charge in [-0.3, -0.25) is 0 Å². The largest absolute Gasteiger partial charge is 0.322 e. The first kappa shape index (κ1) is 10.4. The smallest absolute Gasteiger partial charge is 0.259 e. The van der Waals surface area contributed by atoms with E-state index in [1.165, 1.54) is 0 Å². The normalized spacial score (nSPS) is 26.5. The van der Waals surface area contributed by atoms with E-state index in [0.717, 1.165) is 19.8 Å². The van der Waals surface area contributed by atoms with Gasteiger partial charge in [0.15, 0.2) is 0 Å². The summed E-state index contributed by atoms with van der Waals surface area (Å²) in [5, 5.41) is 0. The van der Waals surface area contributed by atoms with Crippen molar-refractivity contribution in [1.82, 2.24) is 4.67 Å². The van der Waals surface area contributed by atoms with E-state index in [1.54, 1.807) is 0 Å². The van der Waals surface area contributed by atoms with Crippen LogP contribution in [0.2, 0.25) is 0 Å². The van der Waals surface area contributed by atoms with Crippen molar-refractivity contribution in [3.63, 3.8) is 0 Å². The molecule has 72 valence electrons. The second kappa shape index (κ2) is 4.01. The van der Waals surface area contributed by atoms with Gasteiger partial charge in [0.25, 0.3) is 8.53 Å². The molecule has 4 heteroatoms. The number of nitrogens with zero attached hydrogens (tertiary/aromatic N) is 1. The summed E-state index contributed by atoms with van der Waals surface area (Å²) in [5.41, 5.74) is 0.164. The van der Waals surface area contributed by atoms with Crippen molar-refractivity contribution in [2.24, 2.45) is 0 Å². The van der Waals surface area contributed by atoms with Gasteiger partial charge in [-0.15, -0.1) is 0 Å². The first-order valence-corrected chi connectivity index (χ1v) is 5.52. The summed E-state index contributed by atoms with van der Waals surface area (Å²) >= 11 is 0.